The van der Waals surface area contributed by atoms with Crippen molar-refractivity contribution in [2.45, 2.75) is 57.0 Å². The number of fused-ring (bicyclic) bond motifs is 2. The number of rotatable bonds is 12. The maximum absolute atomic E-state index is 13.5. The third kappa shape index (κ3) is 7.79. The Balaban J connectivity index is 0.823. The first-order valence-corrected chi connectivity index (χ1v) is 21.0. The van der Waals surface area contributed by atoms with E-state index in [4.69, 9.17) is 21.3 Å². The van der Waals surface area contributed by atoms with Gasteiger partial charge in [0.2, 0.25) is 11.8 Å². The van der Waals surface area contributed by atoms with Gasteiger partial charge in [-0.25, -0.2) is 0 Å². The zero-order chi connectivity index (χ0) is 40.3. The molecule has 0 aliphatic carbocycles. The normalized spacial score (nSPS) is 19.6. The van der Waals surface area contributed by atoms with Crippen molar-refractivity contribution in [3.05, 3.63) is 75.9 Å². The minimum Gasteiger partial charge on any atom is -0.480 e. The Morgan fingerprint density at radius 2 is 1.83 bits per heavy atom. The number of hydrogen-bond acceptors (Lipinski definition) is 10. The second-order valence-electron chi connectivity index (χ2n) is 16.1. The molecule has 2 amide bonds. The lowest BCUT2D eigenvalue weighted by molar-refractivity contribution is -0.125. The summed E-state index contributed by atoms with van der Waals surface area (Å²) in [4.78, 5) is 56.7. The molecular formula is C44H52ClN9O4. The van der Waals surface area contributed by atoms with Gasteiger partial charge in [-0.1, -0.05) is 23.7 Å². The number of ether oxygens (including phenoxy) is 1. The predicted octanol–water partition coefficient (Wildman–Crippen LogP) is 5.57. The molecule has 0 radical (unpaired) electrons. The zero-order valence-electron chi connectivity index (χ0n) is 33.4. The fourth-order valence-corrected chi connectivity index (χ4v) is 9.82. The Morgan fingerprint density at radius 3 is 2.53 bits per heavy atom. The van der Waals surface area contributed by atoms with Crippen LogP contribution in [0.15, 0.2) is 48.7 Å². The number of likely N-dealkylation sites (N-methyl/N-ethyl adjacent to an activating group) is 1. The largest absolute Gasteiger partial charge is 0.480 e. The van der Waals surface area contributed by atoms with Crippen molar-refractivity contribution in [1.29, 1.82) is 5.26 Å². The average Bonchev–Trinajstić information content (AvgIpc) is 3.85. The van der Waals surface area contributed by atoms with Crippen molar-refractivity contribution in [2.75, 3.05) is 87.8 Å². The van der Waals surface area contributed by atoms with Crippen molar-refractivity contribution in [1.82, 2.24) is 25.1 Å². The first-order chi connectivity index (χ1) is 28.3. The summed E-state index contributed by atoms with van der Waals surface area (Å²) in [5.74, 6) is 1.57. The van der Waals surface area contributed by atoms with E-state index < -0.39 is 6.04 Å². The molecular weight excluding hydrogens is 754 g/mol. The molecule has 2 N–H and O–H groups in total. The number of methoxy groups -OCH3 is 1. The summed E-state index contributed by atoms with van der Waals surface area (Å²) >= 11 is 6.50. The van der Waals surface area contributed by atoms with Crippen LogP contribution in [0.25, 0.3) is 10.9 Å². The van der Waals surface area contributed by atoms with Gasteiger partial charge >= 0.3 is 0 Å². The van der Waals surface area contributed by atoms with E-state index in [-0.39, 0.29) is 37.1 Å². The standard InChI is InChI=1S/C44H52ClN9O4/c1-47-42(56)37(6-4-22-55)54-28-32-23-38(49-43(58-2)40(32)44(54)57)52-20-18-50(19-21-52)26-29-13-16-51(17-14-29)34-9-7-30(8-10-34)31-5-3-15-53(27-31)36-12-11-35(45)39-33(24-46)25-48-41(36)39/h7-12,22-23,25,29,31,37,48H,3-6,13-21,26-28H2,1-2H3,(H,47,56)/t31?,37-/m1/s1. The Kier molecular flexibility index (Phi) is 11.8. The van der Waals surface area contributed by atoms with Gasteiger partial charge in [0.15, 0.2) is 0 Å². The van der Waals surface area contributed by atoms with Crippen LogP contribution in [-0.4, -0.2) is 117 Å². The van der Waals surface area contributed by atoms with Crippen LogP contribution in [0.3, 0.4) is 0 Å². The zero-order valence-corrected chi connectivity index (χ0v) is 34.1. The van der Waals surface area contributed by atoms with Gasteiger partial charge in [0.1, 0.15) is 29.8 Å². The van der Waals surface area contributed by atoms with Crippen LogP contribution in [0.2, 0.25) is 5.02 Å². The van der Waals surface area contributed by atoms with Gasteiger partial charge < -0.3 is 39.4 Å². The Hall–Kier alpha value is -5.32. The topological polar surface area (TPSA) is 141 Å². The second-order valence-corrected chi connectivity index (χ2v) is 16.5. The van der Waals surface area contributed by atoms with Gasteiger partial charge in [0, 0.05) is 102 Å². The van der Waals surface area contributed by atoms with Crippen LogP contribution in [0.5, 0.6) is 5.88 Å². The van der Waals surface area contributed by atoms with Crippen LogP contribution in [-0.2, 0) is 16.1 Å². The van der Waals surface area contributed by atoms with Gasteiger partial charge in [0.05, 0.1) is 28.9 Å². The molecule has 0 spiro atoms. The molecule has 6 heterocycles. The van der Waals surface area contributed by atoms with E-state index in [0.29, 0.717) is 28.0 Å². The number of piperidine rings is 2. The van der Waals surface area contributed by atoms with Crippen LogP contribution in [0, 0.1) is 17.2 Å². The average molecular weight is 806 g/mol. The number of aromatic amines is 1. The predicted molar refractivity (Wildman–Crippen MR) is 226 cm³/mol. The number of amides is 2. The minimum absolute atomic E-state index is 0.190. The van der Waals surface area contributed by atoms with E-state index >= 15 is 0 Å². The van der Waals surface area contributed by atoms with E-state index in [2.05, 4.69) is 66.3 Å². The SMILES string of the molecule is CNC(=O)[C@@H](CCC=O)N1Cc2cc(N3CCN(CC4CCN(c5ccc(C6CCCN(c7ccc(Cl)c8c(C#N)c[nH]c78)C6)cc5)CC4)CC3)nc(OC)c2C1=O. The Morgan fingerprint density at radius 1 is 1.05 bits per heavy atom. The molecule has 2 atom stereocenters. The first kappa shape index (κ1) is 39.5. The number of halogens is 1. The fraction of sp³-hybridized carbons (Fsp3) is 0.477. The number of carbonyl (C=O) groups is 3. The molecule has 2 aromatic carbocycles. The number of H-pyrrole nitrogens is 1. The molecule has 14 heteroatoms. The third-order valence-electron chi connectivity index (χ3n) is 12.7. The van der Waals surface area contributed by atoms with Crippen molar-refractivity contribution in [2.24, 2.45) is 5.92 Å². The van der Waals surface area contributed by atoms with E-state index in [1.54, 1.807) is 6.20 Å². The number of hydrogen-bond donors (Lipinski definition) is 2. The summed E-state index contributed by atoms with van der Waals surface area (Å²) in [5.41, 5.74) is 6.49. The van der Waals surface area contributed by atoms with Crippen LogP contribution < -0.4 is 24.8 Å². The molecule has 304 valence electrons. The summed E-state index contributed by atoms with van der Waals surface area (Å²) in [6, 6.07) is 16.7. The second kappa shape index (κ2) is 17.3. The number of nitrogens with zero attached hydrogens (tertiary/aromatic N) is 7. The maximum Gasteiger partial charge on any atom is 0.260 e. The third-order valence-corrected chi connectivity index (χ3v) is 13.1. The summed E-state index contributed by atoms with van der Waals surface area (Å²) < 4.78 is 5.62. The maximum atomic E-state index is 13.5. The molecule has 13 nitrogen and oxygen atoms in total. The Bertz CT molecular complexity index is 2190. The Labute approximate surface area is 344 Å². The van der Waals surface area contributed by atoms with E-state index in [1.807, 2.05) is 12.1 Å². The summed E-state index contributed by atoms with van der Waals surface area (Å²) in [5, 5.41) is 13.6. The molecule has 4 aliphatic rings. The first-order valence-electron chi connectivity index (χ1n) is 20.6. The number of pyridine rings is 1. The number of nitriles is 1. The molecule has 8 rings (SSSR count). The van der Waals surface area contributed by atoms with Crippen molar-refractivity contribution in [3.63, 3.8) is 0 Å². The number of anilines is 3. The minimum atomic E-state index is -0.737. The highest BCUT2D eigenvalue weighted by atomic mass is 35.5. The number of carbonyl (C=O) groups excluding carboxylic acids is 3. The monoisotopic (exact) mass is 805 g/mol. The lowest BCUT2D eigenvalue weighted by Crippen LogP contribution is -2.49. The quantitative estimate of drug-likeness (QED) is 0.175. The van der Waals surface area contributed by atoms with Crippen LogP contribution in [0.1, 0.15) is 71.5 Å². The van der Waals surface area contributed by atoms with Crippen LogP contribution >= 0.6 is 11.6 Å². The molecule has 3 saturated heterocycles. The molecule has 58 heavy (non-hydrogen) atoms. The molecule has 4 aliphatic heterocycles. The molecule has 2 aromatic heterocycles. The van der Waals surface area contributed by atoms with Gasteiger partial charge in [-0.05, 0) is 79.5 Å². The summed E-state index contributed by atoms with van der Waals surface area (Å²) in [6.07, 6.45) is 7.58. The number of nitrogens with one attached hydrogen (secondary N) is 2. The fourth-order valence-electron chi connectivity index (χ4n) is 9.56. The van der Waals surface area contributed by atoms with Crippen molar-refractivity contribution >= 4 is 57.8 Å². The number of aldehydes is 1. The summed E-state index contributed by atoms with van der Waals surface area (Å²) in [6.45, 7) is 8.91. The van der Waals surface area contributed by atoms with Crippen molar-refractivity contribution in [3.8, 4) is 11.9 Å². The number of aromatic nitrogens is 2. The number of benzene rings is 2. The lowest BCUT2D eigenvalue weighted by Gasteiger charge is -2.40. The highest BCUT2D eigenvalue weighted by molar-refractivity contribution is 6.36. The lowest BCUT2D eigenvalue weighted by atomic mass is 9.89. The highest BCUT2D eigenvalue weighted by Crippen LogP contribution is 2.38. The smallest absolute Gasteiger partial charge is 0.260 e. The van der Waals surface area contributed by atoms with Gasteiger partial charge in [-0.2, -0.15) is 10.2 Å². The van der Waals surface area contributed by atoms with E-state index in [0.717, 1.165) is 106 Å². The molecule has 1 unspecified atom stereocenters. The van der Waals surface area contributed by atoms with E-state index in [9.17, 15) is 19.6 Å². The van der Waals surface area contributed by atoms with Gasteiger partial charge in [-0.15, -0.1) is 0 Å². The summed E-state index contributed by atoms with van der Waals surface area (Å²) in [7, 11) is 3.06. The molecule has 0 saturated carbocycles. The van der Waals surface area contributed by atoms with Crippen molar-refractivity contribution < 1.29 is 19.1 Å². The molecule has 3 fully saturated rings. The molecule has 0 bridgehead atoms. The van der Waals surface area contributed by atoms with Gasteiger partial charge in [-0.3, -0.25) is 14.5 Å². The van der Waals surface area contributed by atoms with E-state index in [1.165, 1.54) is 43.1 Å². The highest BCUT2D eigenvalue weighted by Gasteiger charge is 2.39. The molecule has 4 aromatic rings. The van der Waals surface area contributed by atoms with Crippen LogP contribution in [0.4, 0.5) is 17.2 Å². The van der Waals surface area contributed by atoms with Gasteiger partial charge in [0.25, 0.3) is 5.91 Å². The number of piperazine rings is 1.